The van der Waals surface area contributed by atoms with Gasteiger partial charge in [0.25, 0.3) is 0 Å². The Labute approximate surface area is 137 Å². The van der Waals surface area contributed by atoms with Crippen LogP contribution in [-0.2, 0) is 4.79 Å². The second-order valence-electron chi connectivity index (χ2n) is 5.40. The highest BCUT2D eigenvalue weighted by atomic mass is 16.5. The van der Waals surface area contributed by atoms with E-state index in [1.807, 2.05) is 43.3 Å². The van der Waals surface area contributed by atoms with Crippen LogP contribution in [0.1, 0.15) is 24.0 Å². The molecule has 0 unspecified atom stereocenters. The molecule has 4 nitrogen and oxygen atoms in total. The Morgan fingerprint density at radius 3 is 2.57 bits per heavy atom. The van der Waals surface area contributed by atoms with Gasteiger partial charge in [-0.15, -0.1) is 0 Å². The van der Waals surface area contributed by atoms with Crippen molar-refractivity contribution in [3.8, 4) is 11.5 Å². The van der Waals surface area contributed by atoms with E-state index in [9.17, 15) is 4.79 Å². The number of nitrogens with one attached hydrogen (secondary N) is 1. The minimum absolute atomic E-state index is 0.0425. The zero-order valence-electron chi connectivity index (χ0n) is 13.9. The summed E-state index contributed by atoms with van der Waals surface area (Å²) in [6.45, 7) is 4.62. The largest absolute Gasteiger partial charge is 0.495 e. The van der Waals surface area contributed by atoms with Gasteiger partial charge in [-0.05, 0) is 49.6 Å². The van der Waals surface area contributed by atoms with E-state index in [0.29, 0.717) is 30.9 Å². The van der Waals surface area contributed by atoms with Gasteiger partial charge in [0, 0.05) is 6.42 Å². The molecule has 1 N–H and O–H groups in total. The Bertz CT molecular complexity index is 667. The maximum atomic E-state index is 12.0. The molecule has 0 aliphatic rings. The predicted molar refractivity (Wildman–Crippen MR) is 92.3 cm³/mol. The summed E-state index contributed by atoms with van der Waals surface area (Å²) in [4.78, 5) is 12.0. The molecule has 0 atom stereocenters. The predicted octanol–water partition coefficient (Wildman–Crippen LogP) is 4.11. The number of amides is 1. The van der Waals surface area contributed by atoms with Crippen molar-refractivity contribution in [1.29, 1.82) is 0 Å². The van der Waals surface area contributed by atoms with E-state index in [1.165, 1.54) is 5.56 Å². The second-order valence-corrected chi connectivity index (χ2v) is 5.40. The van der Waals surface area contributed by atoms with Gasteiger partial charge in [0.15, 0.2) is 0 Å². The molecule has 122 valence electrons. The molecule has 0 saturated carbocycles. The molecule has 2 rings (SSSR count). The van der Waals surface area contributed by atoms with Crippen LogP contribution in [0.25, 0.3) is 0 Å². The molecule has 2 aromatic carbocycles. The number of hydrogen-bond donors (Lipinski definition) is 1. The average molecular weight is 313 g/mol. The van der Waals surface area contributed by atoms with Gasteiger partial charge in [-0.25, -0.2) is 0 Å². The van der Waals surface area contributed by atoms with Crippen LogP contribution in [0.2, 0.25) is 0 Å². The Balaban J connectivity index is 1.78. The Morgan fingerprint density at radius 1 is 1.04 bits per heavy atom. The van der Waals surface area contributed by atoms with Crippen molar-refractivity contribution in [2.24, 2.45) is 0 Å². The zero-order chi connectivity index (χ0) is 16.7. The minimum atomic E-state index is -0.0425. The fraction of sp³-hybridized carbons (Fsp3) is 0.316. The fourth-order valence-electron chi connectivity index (χ4n) is 2.26. The van der Waals surface area contributed by atoms with Crippen LogP contribution in [0.15, 0.2) is 42.5 Å². The number of ether oxygens (including phenoxy) is 2. The van der Waals surface area contributed by atoms with Crippen molar-refractivity contribution in [3.05, 3.63) is 53.6 Å². The second kappa shape index (κ2) is 8.22. The van der Waals surface area contributed by atoms with Crippen molar-refractivity contribution in [2.45, 2.75) is 26.7 Å². The number of hydrogen-bond acceptors (Lipinski definition) is 3. The van der Waals surface area contributed by atoms with E-state index in [0.717, 1.165) is 11.3 Å². The minimum Gasteiger partial charge on any atom is -0.495 e. The molecule has 2 aromatic rings. The van der Waals surface area contributed by atoms with Crippen molar-refractivity contribution < 1.29 is 14.3 Å². The number of aryl methyl sites for hydroxylation is 1. The summed E-state index contributed by atoms with van der Waals surface area (Å²) < 4.78 is 11.0. The SMILES string of the molecule is COc1ccccc1NC(=O)CCCOc1cccc(C)c1C. The summed E-state index contributed by atoms with van der Waals surface area (Å²) in [7, 11) is 1.59. The topological polar surface area (TPSA) is 47.6 Å². The monoisotopic (exact) mass is 313 g/mol. The summed E-state index contributed by atoms with van der Waals surface area (Å²) in [6.07, 6.45) is 1.07. The Hall–Kier alpha value is -2.49. The molecule has 0 aliphatic heterocycles. The molecule has 0 saturated heterocycles. The van der Waals surface area contributed by atoms with Crippen molar-refractivity contribution in [3.63, 3.8) is 0 Å². The molecule has 4 heteroatoms. The number of rotatable bonds is 7. The van der Waals surface area contributed by atoms with E-state index >= 15 is 0 Å². The van der Waals surface area contributed by atoms with Crippen LogP contribution < -0.4 is 14.8 Å². The number of methoxy groups -OCH3 is 1. The smallest absolute Gasteiger partial charge is 0.224 e. The molecule has 0 radical (unpaired) electrons. The van der Waals surface area contributed by atoms with E-state index in [1.54, 1.807) is 7.11 Å². The van der Waals surface area contributed by atoms with Crippen molar-refractivity contribution in [2.75, 3.05) is 19.0 Å². The molecule has 0 spiro atoms. The molecular formula is C19H23NO3. The summed E-state index contributed by atoms with van der Waals surface area (Å²) in [5.41, 5.74) is 3.04. The van der Waals surface area contributed by atoms with Gasteiger partial charge in [-0.3, -0.25) is 4.79 Å². The first kappa shape index (κ1) is 16.9. The van der Waals surface area contributed by atoms with E-state index < -0.39 is 0 Å². The molecule has 1 amide bonds. The zero-order valence-corrected chi connectivity index (χ0v) is 13.9. The molecule has 0 aliphatic carbocycles. The number of carbonyl (C=O) groups is 1. The lowest BCUT2D eigenvalue weighted by Gasteiger charge is -2.11. The number of benzene rings is 2. The standard InChI is InChI=1S/C19H23NO3/c1-14-8-6-11-17(15(14)2)23-13-7-12-19(21)20-16-9-4-5-10-18(16)22-3/h4-6,8-11H,7,12-13H2,1-3H3,(H,20,21). The van der Waals surface area contributed by atoms with E-state index in [4.69, 9.17) is 9.47 Å². The van der Waals surface area contributed by atoms with Gasteiger partial charge in [0.2, 0.25) is 5.91 Å². The number of carbonyl (C=O) groups excluding carboxylic acids is 1. The molecule has 0 aromatic heterocycles. The average Bonchev–Trinajstić information content (AvgIpc) is 2.55. The van der Waals surface area contributed by atoms with Crippen LogP contribution in [0.3, 0.4) is 0 Å². The van der Waals surface area contributed by atoms with Crippen molar-refractivity contribution in [1.82, 2.24) is 0 Å². The van der Waals surface area contributed by atoms with Crippen LogP contribution in [0.5, 0.6) is 11.5 Å². The maximum absolute atomic E-state index is 12.0. The fourth-order valence-corrected chi connectivity index (χ4v) is 2.26. The third kappa shape index (κ3) is 4.74. The van der Waals surface area contributed by atoms with Crippen LogP contribution in [0.4, 0.5) is 5.69 Å². The first-order valence-electron chi connectivity index (χ1n) is 7.73. The van der Waals surface area contributed by atoms with Gasteiger partial charge < -0.3 is 14.8 Å². The molecule has 0 fully saturated rings. The van der Waals surface area contributed by atoms with Gasteiger partial charge in [0.1, 0.15) is 11.5 Å². The third-order valence-corrected chi connectivity index (χ3v) is 3.74. The van der Waals surface area contributed by atoms with E-state index in [-0.39, 0.29) is 5.91 Å². The lowest BCUT2D eigenvalue weighted by Crippen LogP contribution is -2.13. The third-order valence-electron chi connectivity index (χ3n) is 3.74. The molecule has 0 bridgehead atoms. The first-order chi connectivity index (χ1) is 11.1. The van der Waals surface area contributed by atoms with Crippen LogP contribution in [-0.4, -0.2) is 19.6 Å². The summed E-state index contributed by atoms with van der Waals surface area (Å²) in [5, 5.41) is 2.86. The highest BCUT2D eigenvalue weighted by Crippen LogP contribution is 2.23. The quantitative estimate of drug-likeness (QED) is 0.783. The highest BCUT2D eigenvalue weighted by Gasteiger charge is 2.07. The van der Waals surface area contributed by atoms with Gasteiger partial charge >= 0.3 is 0 Å². The van der Waals surface area contributed by atoms with Gasteiger partial charge in [-0.1, -0.05) is 24.3 Å². The lowest BCUT2D eigenvalue weighted by molar-refractivity contribution is -0.116. The van der Waals surface area contributed by atoms with Gasteiger partial charge in [-0.2, -0.15) is 0 Å². The molecular weight excluding hydrogens is 290 g/mol. The maximum Gasteiger partial charge on any atom is 0.224 e. The lowest BCUT2D eigenvalue weighted by atomic mass is 10.1. The highest BCUT2D eigenvalue weighted by molar-refractivity contribution is 5.92. The summed E-state index contributed by atoms with van der Waals surface area (Å²) in [6, 6.07) is 13.4. The number of para-hydroxylation sites is 2. The normalized spacial score (nSPS) is 10.2. The van der Waals surface area contributed by atoms with Crippen LogP contribution >= 0.6 is 0 Å². The summed E-state index contributed by atoms with van der Waals surface area (Å²) >= 11 is 0. The number of anilines is 1. The van der Waals surface area contributed by atoms with Crippen molar-refractivity contribution >= 4 is 11.6 Å². The van der Waals surface area contributed by atoms with Crippen LogP contribution in [0, 0.1) is 13.8 Å². The Morgan fingerprint density at radius 2 is 1.78 bits per heavy atom. The molecule has 0 heterocycles. The molecule has 23 heavy (non-hydrogen) atoms. The Kier molecular flexibility index (Phi) is 6.03. The van der Waals surface area contributed by atoms with Gasteiger partial charge in [0.05, 0.1) is 19.4 Å². The van der Waals surface area contributed by atoms with E-state index in [2.05, 4.69) is 18.3 Å². The first-order valence-corrected chi connectivity index (χ1v) is 7.73. The summed E-state index contributed by atoms with van der Waals surface area (Å²) in [5.74, 6) is 1.50.